The highest BCUT2D eigenvalue weighted by molar-refractivity contribution is 5.08. The van der Waals surface area contributed by atoms with Gasteiger partial charge in [0.05, 0.1) is 24.9 Å². The van der Waals surface area contributed by atoms with Crippen LogP contribution in [0.3, 0.4) is 0 Å². The van der Waals surface area contributed by atoms with Crippen LogP contribution in [0, 0.1) is 17.8 Å². The van der Waals surface area contributed by atoms with Gasteiger partial charge in [0.1, 0.15) is 0 Å². The van der Waals surface area contributed by atoms with Crippen LogP contribution >= 0.6 is 0 Å². The zero-order valence-electron chi connectivity index (χ0n) is 7.85. The molecule has 0 aromatic rings. The highest BCUT2D eigenvalue weighted by Gasteiger charge is 2.60. The molecule has 1 saturated heterocycles. The van der Waals surface area contributed by atoms with E-state index in [1.54, 1.807) is 7.11 Å². The summed E-state index contributed by atoms with van der Waals surface area (Å²) in [6, 6.07) is 0. The third-order valence-corrected chi connectivity index (χ3v) is 4.08. The Morgan fingerprint density at radius 1 is 1.38 bits per heavy atom. The minimum atomic E-state index is -0.192. The quantitative estimate of drug-likeness (QED) is 0.676. The molecular weight excluding hydrogens is 168 g/mol. The van der Waals surface area contributed by atoms with E-state index in [2.05, 4.69) is 0 Å². The van der Waals surface area contributed by atoms with Gasteiger partial charge in [-0.15, -0.1) is 0 Å². The first-order chi connectivity index (χ1) is 6.31. The molecule has 6 unspecified atom stereocenters. The fourth-order valence-electron chi connectivity index (χ4n) is 3.56. The van der Waals surface area contributed by atoms with Gasteiger partial charge in [0.15, 0.2) is 0 Å². The summed E-state index contributed by atoms with van der Waals surface area (Å²) in [5.74, 6) is 1.81. The molecule has 0 aromatic heterocycles. The first kappa shape index (κ1) is 8.21. The molecule has 3 rings (SSSR count). The third-order valence-electron chi connectivity index (χ3n) is 4.08. The van der Waals surface area contributed by atoms with Gasteiger partial charge in [-0.2, -0.15) is 0 Å². The van der Waals surface area contributed by atoms with Gasteiger partial charge in [-0.25, -0.2) is 0 Å². The summed E-state index contributed by atoms with van der Waals surface area (Å²) in [4.78, 5) is 0. The van der Waals surface area contributed by atoms with Gasteiger partial charge >= 0.3 is 0 Å². The molecule has 2 aliphatic carbocycles. The lowest BCUT2D eigenvalue weighted by molar-refractivity contribution is -0.0519. The second-order valence-electron chi connectivity index (χ2n) is 4.64. The van der Waals surface area contributed by atoms with E-state index in [1.165, 1.54) is 6.42 Å². The van der Waals surface area contributed by atoms with Crippen molar-refractivity contribution < 1.29 is 14.6 Å². The van der Waals surface area contributed by atoms with Gasteiger partial charge in [0.25, 0.3) is 0 Å². The van der Waals surface area contributed by atoms with Gasteiger partial charge in [0.2, 0.25) is 0 Å². The normalized spacial score (nSPS) is 57.7. The van der Waals surface area contributed by atoms with Crippen LogP contribution in [-0.2, 0) is 9.47 Å². The molecule has 3 fully saturated rings. The molecule has 1 heterocycles. The molecule has 2 saturated carbocycles. The van der Waals surface area contributed by atoms with E-state index < -0.39 is 0 Å². The maximum atomic E-state index is 9.83. The molecule has 13 heavy (non-hydrogen) atoms. The summed E-state index contributed by atoms with van der Waals surface area (Å²) in [5, 5.41) is 9.83. The number of aliphatic hydroxyl groups is 1. The monoisotopic (exact) mass is 184 g/mol. The van der Waals surface area contributed by atoms with Crippen LogP contribution in [0.2, 0.25) is 0 Å². The van der Waals surface area contributed by atoms with Crippen molar-refractivity contribution in [2.24, 2.45) is 17.8 Å². The maximum Gasteiger partial charge on any atom is 0.0873 e. The highest BCUT2D eigenvalue weighted by Crippen LogP contribution is 2.56. The summed E-state index contributed by atoms with van der Waals surface area (Å²) in [6.07, 6.45) is 2.52. The van der Waals surface area contributed by atoms with Gasteiger partial charge < -0.3 is 14.6 Å². The lowest BCUT2D eigenvalue weighted by Crippen LogP contribution is -2.31. The second kappa shape index (κ2) is 2.69. The fraction of sp³-hybridized carbons (Fsp3) is 1.00. The number of ether oxygens (including phenoxy) is 2. The summed E-state index contributed by atoms with van der Waals surface area (Å²) < 4.78 is 10.9. The predicted molar refractivity (Wildman–Crippen MR) is 46.2 cm³/mol. The average molecular weight is 184 g/mol. The predicted octanol–water partition coefficient (Wildman–Crippen LogP) is 0.417. The number of rotatable bonds is 2. The van der Waals surface area contributed by atoms with E-state index in [0.29, 0.717) is 24.4 Å². The molecule has 0 aromatic carbocycles. The molecule has 6 atom stereocenters. The average Bonchev–Trinajstić information content (AvgIpc) is 2.68. The molecule has 0 spiro atoms. The Labute approximate surface area is 78.0 Å². The molecule has 1 N–H and O–H groups in total. The molecular formula is C10H16O3. The first-order valence-corrected chi connectivity index (χ1v) is 5.13. The van der Waals surface area contributed by atoms with Crippen molar-refractivity contribution in [1.29, 1.82) is 0 Å². The molecule has 3 aliphatic rings. The van der Waals surface area contributed by atoms with Crippen LogP contribution in [0.4, 0.5) is 0 Å². The minimum Gasteiger partial charge on any atom is -0.390 e. The number of methoxy groups -OCH3 is 1. The zero-order chi connectivity index (χ0) is 9.00. The molecule has 0 radical (unpaired) electrons. The van der Waals surface area contributed by atoms with Gasteiger partial charge in [-0.3, -0.25) is 0 Å². The molecule has 0 amide bonds. The van der Waals surface area contributed by atoms with E-state index in [4.69, 9.17) is 9.47 Å². The second-order valence-corrected chi connectivity index (χ2v) is 4.64. The van der Waals surface area contributed by atoms with Crippen LogP contribution in [0.1, 0.15) is 12.8 Å². The standard InChI is InChI=1S/C10H16O3/c1-12-4-8-6-2-5-3-7(6)10(13-8)9(5)11/h5-11H,2-4H2,1H3. The minimum absolute atomic E-state index is 0.129. The zero-order valence-corrected chi connectivity index (χ0v) is 7.85. The Hall–Kier alpha value is -0.120. The van der Waals surface area contributed by atoms with Crippen molar-refractivity contribution in [1.82, 2.24) is 0 Å². The Bertz CT molecular complexity index is 218. The van der Waals surface area contributed by atoms with E-state index in [0.717, 1.165) is 6.42 Å². The summed E-state index contributed by atoms with van der Waals surface area (Å²) in [5.41, 5.74) is 0. The van der Waals surface area contributed by atoms with Gasteiger partial charge in [0, 0.05) is 7.11 Å². The van der Waals surface area contributed by atoms with Crippen molar-refractivity contribution in [2.45, 2.75) is 31.2 Å². The Balaban J connectivity index is 1.80. The summed E-state index contributed by atoms with van der Waals surface area (Å²) in [7, 11) is 1.71. The van der Waals surface area contributed by atoms with Gasteiger partial charge in [-0.05, 0) is 30.6 Å². The van der Waals surface area contributed by atoms with Crippen molar-refractivity contribution in [2.75, 3.05) is 13.7 Å². The largest absolute Gasteiger partial charge is 0.390 e. The Morgan fingerprint density at radius 3 is 2.77 bits per heavy atom. The van der Waals surface area contributed by atoms with Crippen LogP contribution in [0.5, 0.6) is 0 Å². The number of fused-ring (bicyclic) bond motifs is 1. The molecule has 3 nitrogen and oxygen atoms in total. The van der Waals surface area contributed by atoms with E-state index in [-0.39, 0.29) is 18.3 Å². The van der Waals surface area contributed by atoms with Crippen LogP contribution < -0.4 is 0 Å². The Morgan fingerprint density at radius 2 is 2.15 bits per heavy atom. The van der Waals surface area contributed by atoms with Crippen molar-refractivity contribution >= 4 is 0 Å². The topological polar surface area (TPSA) is 38.7 Å². The number of aliphatic hydroxyl groups excluding tert-OH is 1. The van der Waals surface area contributed by atoms with Crippen molar-refractivity contribution in [3.05, 3.63) is 0 Å². The third kappa shape index (κ3) is 0.953. The Kier molecular flexibility index (Phi) is 1.70. The summed E-state index contributed by atoms with van der Waals surface area (Å²) >= 11 is 0. The summed E-state index contributed by atoms with van der Waals surface area (Å²) in [6.45, 7) is 0.692. The maximum absolute atomic E-state index is 9.83. The molecule has 74 valence electrons. The molecule has 1 aliphatic heterocycles. The lowest BCUT2D eigenvalue weighted by atomic mass is 9.85. The highest BCUT2D eigenvalue weighted by atomic mass is 16.5. The van der Waals surface area contributed by atoms with E-state index in [9.17, 15) is 5.11 Å². The van der Waals surface area contributed by atoms with Crippen LogP contribution in [0.15, 0.2) is 0 Å². The first-order valence-electron chi connectivity index (χ1n) is 5.13. The number of hydrogen-bond donors (Lipinski definition) is 1. The smallest absolute Gasteiger partial charge is 0.0873 e. The van der Waals surface area contributed by atoms with Crippen LogP contribution in [-0.4, -0.2) is 37.1 Å². The van der Waals surface area contributed by atoms with Crippen molar-refractivity contribution in [3.8, 4) is 0 Å². The van der Waals surface area contributed by atoms with E-state index in [1.807, 2.05) is 0 Å². The lowest BCUT2D eigenvalue weighted by Gasteiger charge is -2.21. The number of hydrogen-bond acceptors (Lipinski definition) is 3. The SMILES string of the molecule is COCC1OC2C(O)C3CC1C2C3. The fourth-order valence-corrected chi connectivity index (χ4v) is 3.56. The van der Waals surface area contributed by atoms with E-state index >= 15 is 0 Å². The molecule has 3 heteroatoms. The van der Waals surface area contributed by atoms with Crippen LogP contribution in [0.25, 0.3) is 0 Å². The molecule has 2 bridgehead atoms. The van der Waals surface area contributed by atoms with Gasteiger partial charge in [-0.1, -0.05) is 0 Å². The van der Waals surface area contributed by atoms with Crippen molar-refractivity contribution in [3.63, 3.8) is 0 Å².